The van der Waals surface area contributed by atoms with Gasteiger partial charge in [0.1, 0.15) is 6.10 Å². The highest BCUT2D eigenvalue weighted by Crippen LogP contribution is 2.24. The SMILES string of the molecule is COC(CN)C(=O)Nc1ccccc1SC.Cl. The van der Waals surface area contributed by atoms with Crippen LogP contribution in [0.1, 0.15) is 0 Å². The maximum atomic E-state index is 11.7. The highest BCUT2D eigenvalue weighted by Gasteiger charge is 2.16. The minimum Gasteiger partial charge on any atom is -0.370 e. The molecule has 1 unspecified atom stereocenters. The first-order chi connectivity index (χ1) is 7.72. The van der Waals surface area contributed by atoms with E-state index in [9.17, 15) is 4.79 Å². The third-order valence-electron chi connectivity index (χ3n) is 2.16. The molecular weight excluding hydrogens is 260 g/mol. The zero-order valence-corrected chi connectivity index (χ0v) is 11.4. The summed E-state index contributed by atoms with van der Waals surface area (Å²) < 4.78 is 4.96. The lowest BCUT2D eigenvalue weighted by molar-refractivity contribution is -0.125. The van der Waals surface area contributed by atoms with Gasteiger partial charge in [0.2, 0.25) is 0 Å². The molecule has 0 radical (unpaired) electrons. The number of para-hydroxylation sites is 1. The second-order valence-electron chi connectivity index (χ2n) is 3.15. The zero-order valence-electron chi connectivity index (χ0n) is 9.80. The Bertz CT molecular complexity index is 359. The van der Waals surface area contributed by atoms with Crippen LogP contribution in [0.3, 0.4) is 0 Å². The minimum absolute atomic E-state index is 0. The zero-order chi connectivity index (χ0) is 12.0. The molecule has 6 heteroatoms. The number of halogens is 1. The van der Waals surface area contributed by atoms with Crippen molar-refractivity contribution in [1.29, 1.82) is 0 Å². The van der Waals surface area contributed by atoms with Crippen molar-refractivity contribution in [1.82, 2.24) is 0 Å². The van der Waals surface area contributed by atoms with Gasteiger partial charge in [-0.25, -0.2) is 0 Å². The predicted octanol–water partition coefficient (Wildman–Crippen LogP) is 1.74. The number of rotatable bonds is 5. The van der Waals surface area contributed by atoms with Gasteiger partial charge in [0.05, 0.1) is 5.69 Å². The minimum atomic E-state index is -0.602. The Balaban J connectivity index is 0.00000256. The summed E-state index contributed by atoms with van der Waals surface area (Å²) in [5.74, 6) is -0.216. The molecule has 96 valence electrons. The number of thioether (sulfide) groups is 1. The van der Waals surface area contributed by atoms with Crippen LogP contribution in [-0.4, -0.2) is 31.9 Å². The molecular formula is C11H17ClN2O2S. The van der Waals surface area contributed by atoms with E-state index in [2.05, 4.69) is 5.32 Å². The Morgan fingerprint density at radius 2 is 2.18 bits per heavy atom. The second-order valence-corrected chi connectivity index (χ2v) is 4.00. The summed E-state index contributed by atoms with van der Waals surface area (Å²) in [6.45, 7) is 0.170. The average molecular weight is 277 g/mol. The summed E-state index contributed by atoms with van der Waals surface area (Å²) in [5, 5.41) is 2.80. The molecule has 0 heterocycles. The van der Waals surface area contributed by atoms with Gasteiger partial charge in [0, 0.05) is 18.6 Å². The van der Waals surface area contributed by atoms with Crippen molar-refractivity contribution in [2.75, 3.05) is 25.2 Å². The maximum Gasteiger partial charge on any atom is 0.254 e. The number of amides is 1. The number of methoxy groups -OCH3 is 1. The van der Waals surface area contributed by atoms with Crippen LogP contribution in [0, 0.1) is 0 Å². The van der Waals surface area contributed by atoms with E-state index < -0.39 is 6.10 Å². The molecule has 1 rings (SSSR count). The molecule has 1 atom stereocenters. The number of nitrogens with one attached hydrogen (secondary N) is 1. The van der Waals surface area contributed by atoms with Gasteiger partial charge in [-0.3, -0.25) is 4.79 Å². The Morgan fingerprint density at radius 1 is 1.53 bits per heavy atom. The lowest BCUT2D eigenvalue weighted by atomic mass is 10.3. The van der Waals surface area contributed by atoms with Gasteiger partial charge in [-0.1, -0.05) is 12.1 Å². The van der Waals surface area contributed by atoms with Crippen LogP contribution in [0.4, 0.5) is 5.69 Å². The number of carbonyl (C=O) groups excluding carboxylic acids is 1. The molecule has 1 aromatic rings. The Hall–Kier alpha value is -0.750. The van der Waals surface area contributed by atoms with Crippen LogP contribution in [0.25, 0.3) is 0 Å². The third-order valence-corrected chi connectivity index (χ3v) is 2.95. The summed E-state index contributed by atoms with van der Waals surface area (Å²) >= 11 is 1.58. The van der Waals surface area contributed by atoms with E-state index in [0.717, 1.165) is 10.6 Å². The smallest absolute Gasteiger partial charge is 0.254 e. The Morgan fingerprint density at radius 3 is 2.71 bits per heavy atom. The monoisotopic (exact) mass is 276 g/mol. The quantitative estimate of drug-likeness (QED) is 0.804. The molecule has 1 amide bonds. The fraction of sp³-hybridized carbons (Fsp3) is 0.364. The Kier molecular flexibility index (Phi) is 7.99. The van der Waals surface area contributed by atoms with Gasteiger partial charge in [0.25, 0.3) is 5.91 Å². The summed E-state index contributed by atoms with van der Waals surface area (Å²) in [6, 6.07) is 7.61. The normalized spacial score (nSPS) is 11.5. The highest BCUT2D eigenvalue weighted by atomic mass is 35.5. The number of anilines is 1. The lowest BCUT2D eigenvalue weighted by Crippen LogP contribution is -2.36. The first kappa shape index (κ1) is 16.2. The fourth-order valence-corrected chi connectivity index (χ4v) is 1.83. The van der Waals surface area contributed by atoms with Crippen molar-refractivity contribution in [3.63, 3.8) is 0 Å². The molecule has 1 aromatic carbocycles. The second kappa shape index (κ2) is 8.36. The number of ether oxygens (including phenoxy) is 1. The molecule has 0 aliphatic carbocycles. The average Bonchev–Trinajstić information content (AvgIpc) is 2.31. The van der Waals surface area contributed by atoms with Crippen LogP contribution in [0.5, 0.6) is 0 Å². The number of benzene rings is 1. The van der Waals surface area contributed by atoms with E-state index >= 15 is 0 Å². The maximum absolute atomic E-state index is 11.7. The fourth-order valence-electron chi connectivity index (χ4n) is 1.27. The van der Waals surface area contributed by atoms with Crippen molar-refractivity contribution in [2.24, 2.45) is 5.73 Å². The van der Waals surface area contributed by atoms with E-state index in [1.165, 1.54) is 7.11 Å². The molecule has 0 spiro atoms. The van der Waals surface area contributed by atoms with Gasteiger partial charge in [0.15, 0.2) is 0 Å². The van der Waals surface area contributed by atoms with Crippen molar-refractivity contribution >= 4 is 35.8 Å². The topological polar surface area (TPSA) is 64.3 Å². The summed E-state index contributed by atoms with van der Waals surface area (Å²) in [6.07, 6.45) is 1.36. The molecule has 0 bridgehead atoms. The molecule has 0 saturated heterocycles. The van der Waals surface area contributed by atoms with Crippen molar-refractivity contribution < 1.29 is 9.53 Å². The van der Waals surface area contributed by atoms with Gasteiger partial charge in [-0.2, -0.15) is 0 Å². The number of nitrogens with two attached hydrogens (primary N) is 1. The highest BCUT2D eigenvalue weighted by molar-refractivity contribution is 7.98. The molecule has 4 nitrogen and oxygen atoms in total. The van der Waals surface area contributed by atoms with Crippen molar-refractivity contribution in [3.05, 3.63) is 24.3 Å². The first-order valence-electron chi connectivity index (χ1n) is 4.89. The first-order valence-corrected chi connectivity index (χ1v) is 6.12. The van der Waals surface area contributed by atoms with E-state index in [4.69, 9.17) is 10.5 Å². The van der Waals surface area contributed by atoms with Gasteiger partial charge in [-0.15, -0.1) is 24.2 Å². The van der Waals surface area contributed by atoms with Gasteiger partial charge < -0.3 is 15.8 Å². The molecule has 0 saturated carbocycles. The van der Waals surface area contributed by atoms with E-state index in [1.807, 2.05) is 30.5 Å². The predicted molar refractivity (Wildman–Crippen MR) is 74.0 cm³/mol. The number of carbonyl (C=O) groups is 1. The molecule has 0 aromatic heterocycles. The molecule has 0 fully saturated rings. The summed E-state index contributed by atoms with van der Waals surface area (Å²) in [5.41, 5.74) is 6.20. The molecule has 0 aliphatic heterocycles. The molecule has 0 aliphatic rings. The van der Waals surface area contributed by atoms with E-state index in [-0.39, 0.29) is 24.9 Å². The van der Waals surface area contributed by atoms with Crippen LogP contribution in [0.2, 0.25) is 0 Å². The Labute approximate surface area is 112 Å². The van der Waals surface area contributed by atoms with Crippen molar-refractivity contribution in [2.45, 2.75) is 11.0 Å². The summed E-state index contributed by atoms with van der Waals surface area (Å²) in [7, 11) is 1.47. The standard InChI is InChI=1S/C11H16N2O2S.ClH/c1-15-9(7-12)11(14)13-8-5-3-4-6-10(8)16-2;/h3-6,9H,7,12H2,1-2H3,(H,13,14);1H. The largest absolute Gasteiger partial charge is 0.370 e. The van der Waals surface area contributed by atoms with Crippen LogP contribution >= 0.6 is 24.2 Å². The summed E-state index contributed by atoms with van der Waals surface area (Å²) in [4.78, 5) is 12.7. The number of hydrogen-bond acceptors (Lipinski definition) is 4. The van der Waals surface area contributed by atoms with Crippen LogP contribution < -0.4 is 11.1 Å². The van der Waals surface area contributed by atoms with Crippen molar-refractivity contribution in [3.8, 4) is 0 Å². The molecule has 3 N–H and O–H groups in total. The number of hydrogen-bond donors (Lipinski definition) is 2. The van der Waals surface area contributed by atoms with Gasteiger partial charge in [-0.05, 0) is 18.4 Å². The van der Waals surface area contributed by atoms with E-state index in [0.29, 0.717) is 0 Å². The van der Waals surface area contributed by atoms with Crippen LogP contribution in [0.15, 0.2) is 29.2 Å². The lowest BCUT2D eigenvalue weighted by Gasteiger charge is -2.14. The molecule has 17 heavy (non-hydrogen) atoms. The van der Waals surface area contributed by atoms with Gasteiger partial charge >= 0.3 is 0 Å². The third kappa shape index (κ3) is 4.55. The van der Waals surface area contributed by atoms with E-state index in [1.54, 1.807) is 11.8 Å². The van der Waals surface area contributed by atoms with Crippen LogP contribution in [-0.2, 0) is 9.53 Å².